The van der Waals surface area contributed by atoms with E-state index in [0.717, 1.165) is 15.7 Å². The number of methoxy groups -OCH3 is 2. The Labute approximate surface area is 158 Å². The van der Waals surface area contributed by atoms with E-state index in [4.69, 9.17) is 21.1 Å². The van der Waals surface area contributed by atoms with Crippen molar-refractivity contribution in [2.75, 3.05) is 24.9 Å². The first kappa shape index (κ1) is 17.5. The summed E-state index contributed by atoms with van der Waals surface area (Å²) in [6, 6.07) is 11.1. The highest BCUT2D eigenvalue weighted by atomic mass is 79.9. The Kier molecular flexibility index (Phi) is 5.27. The molecule has 1 atom stereocenters. The Morgan fingerprint density at radius 1 is 1.21 bits per heavy atom. The number of anilines is 1. The Morgan fingerprint density at radius 2 is 1.92 bits per heavy atom. The van der Waals surface area contributed by atoms with E-state index in [1.165, 1.54) is 0 Å². The minimum Gasteiger partial charge on any atom is -0.493 e. The molecule has 1 amide bonds. The van der Waals surface area contributed by atoms with Crippen molar-refractivity contribution in [3.63, 3.8) is 0 Å². The molecule has 0 saturated carbocycles. The summed E-state index contributed by atoms with van der Waals surface area (Å²) in [5.41, 5.74) is 1.79. The first-order chi connectivity index (χ1) is 11.5. The maximum absolute atomic E-state index is 12.4. The number of nitrogens with zero attached hydrogens (tertiary/aromatic N) is 1. The first-order valence-corrected chi connectivity index (χ1v) is 9.37. The lowest BCUT2D eigenvalue weighted by Gasteiger charge is -2.25. The van der Waals surface area contributed by atoms with Crippen molar-refractivity contribution in [2.24, 2.45) is 0 Å². The first-order valence-electron chi connectivity index (χ1n) is 7.15. The number of benzene rings is 2. The lowest BCUT2D eigenvalue weighted by molar-refractivity contribution is -0.115. The summed E-state index contributed by atoms with van der Waals surface area (Å²) in [5.74, 6) is 1.75. The summed E-state index contributed by atoms with van der Waals surface area (Å²) >= 11 is 11.0. The van der Waals surface area contributed by atoms with Gasteiger partial charge in [0.15, 0.2) is 11.5 Å². The highest BCUT2D eigenvalue weighted by Gasteiger charge is 2.35. The van der Waals surface area contributed by atoms with E-state index in [1.54, 1.807) is 43.0 Å². The van der Waals surface area contributed by atoms with E-state index in [1.807, 2.05) is 24.3 Å². The number of thioether (sulfide) groups is 1. The van der Waals surface area contributed by atoms with Crippen LogP contribution in [0, 0.1) is 0 Å². The fourth-order valence-corrected chi connectivity index (χ4v) is 4.54. The van der Waals surface area contributed by atoms with Gasteiger partial charge in [0.1, 0.15) is 5.37 Å². The summed E-state index contributed by atoms with van der Waals surface area (Å²) in [4.78, 5) is 14.2. The van der Waals surface area contributed by atoms with Crippen LogP contribution in [0.1, 0.15) is 10.9 Å². The third kappa shape index (κ3) is 3.23. The summed E-state index contributed by atoms with van der Waals surface area (Å²) in [7, 11) is 3.19. The van der Waals surface area contributed by atoms with E-state index >= 15 is 0 Å². The number of halogens is 2. The van der Waals surface area contributed by atoms with E-state index in [9.17, 15) is 4.79 Å². The second-order valence-electron chi connectivity index (χ2n) is 5.14. The van der Waals surface area contributed by atoms with Crippen LogP contribution in [0.3, 0.4) is 0 Å². The molecule has 7 heteroatoms. The number of carbonyl (C=O) groups is 1. The second kappa shape index (κ2) is 7.25. The molecule has 1 heterocycles. The van der Waals surface area contributed by atoms with Gasteiger partial charge in [-0.1, -0.05) is 11.6 Å². The highest BCUT2D eigenvalue weighted by Crippen LogP contribution is 2.46. The average Bonchev–Trinajstić information content (AvgIpc) is 2.96. The maximum atomic E-state index is 12.4. The van der Waals surface area contributed by atoms with Gasteiger partial charge in [-0.15, -0.1) is 11.8 Å². The molecule has 126 valence electrons. The number of amides is 1. The van der Waals surface area contributed by atoms with Crippen LogP contribution in [0.15, 0.2) is 40.9 Å². The smallest absolute Gasteiger partial charge is 0.238 e. The second-order valence-corrected chi connectivity index (χ2v) is 7.50. The van der Waals surface area contributed by atoms with Gasteiger partial charge in [0.25, 0.3) is 0 Å². The van der Waals surface area contributed by atoms with E-state index in [-0.39, 0.29) is 11.3 Å². The molecule has 0 bridgehead atoms. The number of carbonyl (C=O) groups excluding carboxylic acids is 1. The molecule has 3 rings (SSSR count). The van der Waals surface area contributed by atoms with Gasteiger partial charge >= 0.3 is 0 Å². The largest absolute Gasteiger partial charge is 0.493 e. The lowest BCUT2D eigenvalue weighted by atomic mass is 10.1. The van der Waals surface area contributed by atoms with Crippen molar-refractivity contribution < 1.29 is 14.3 Å². The van der Waals surface area contributed by atoms with Gasteiger partial charge in [-0.3, -0.25) is 9.69 Å². The van der Waals surface area contributed by atoms with Crippen LogP contribution >= 0.6 is 39.3 Å². The van der Waals surface area contributed by atoms with Crippen LogP contribution in [0.2, 0.25) is 5.02 Å². The Balaban J connectivity index is 2.03. The molecule has 0 unspecified atom stereocenters. The van der Waals surface area contributed by atoms with Gasteiger partial charge in [-0.2, -0.15) is 0 Å². The number of ether oxygens (including phenoxy) is 2. The summed E-state index contributed by atoms with van der Waals surface area (Å²) in [6.07, 6.45) is 0. The van der Waals surface area contributed by atoms with Gasteiger partial charge in [0, 0.05) is 10.7 Å². The van der Waals surface area contributed by atoms with Crippen LogP contribution in [0.4, 0.5) is 5.69 Å². The molecule has 0 aliphatic carbocycles. The van der Waals surface area contributed by atoms with Crippen molar-refractivity contribution in [3.8, 4) is 11.5 Å². The third-order valence-corrected chi connectivity index (χ3v) is 5.77. The van der Waals surface area contributed by atoms with Crippen molar-refractivity contribution in [3.05, 3.63) is 51.5 Å². The molecule has 1 fully saturated rings. The van der Waals surface area contributed by atoms with Crippen molar-refractivity contribution in [1.82, 2.24) is 0 Å². The molecule has 1 aliphatic rings. The summed E-state index contributed by atoms with van der Waals surface area (Å²) < 4.78 is 11.6. The highest BCUT2D eigenvalue weighted by molar-refractivity contribution is 9.10. The van der Waals surface area contributed by atoms with Crippen LogP contribution in [0.25, 0.3) is 0 Å². The molecule has 24 heavy (non-hydrogen) atoms. The normalized spacial score (nSPS) is 17.2. The standard InChI is InChI=1S/C17H15BrClNO3S/c1-22-14-8-10(7-13(18)16(14)23-2)17-20(15(21)9-24-17)12-5-3-11(19)4-6-12/h3-8,17H,9H2,1-2H3/t17-/m1/s1. The van der Waals surface area contributed by atoms with Crippen molar-refractivity contribution >= 4 is 50.9 Å². The van der Waals surface area contributed by atoms with Crippen molar-refractivity contribution in [2.45, 2.75) is 5.37 Å². The molecular formula is C17H15BrClNO3S. The fourth-order valence-electron chi connectivity index (χ4n) is 2.63. The lowest BCUT2D eigenvalue weighted by Crippen LogP contribution is -2.27. The van der Waals surface area contributed by atoms with Gasteiger partial charge in [0.05, 0.1) is 24.4 Å². The zero-order valence-electron chi connectivity index (χ0n) is 13.1. The Morgan fingerprint density at radius 3 is 2.54 bits per heavy atom. The predicted molar refractivity (Wildman–Crippen MR) is 101 cm³/mol. The SMILES string of the molecule is COc1cc([C@H]2SCC(=O)N2c2ccc(Cl)cc2)cc(Br)c1OC. The topological polar surface area (TPSA) is 38.8 Å². The zero-order valence-corrected chi connectivity index (χ0v) is 16.2. The molecule has 1 aliphatic heterocycles. The molecular weight excluding hydrogens is 414 g/mol. The van der Waals surface area contributed by atoms with Gasteiger partial charge < -0.3 is 9.47 Å². The van der Waals surface area contributed by atoms with Crippen LogP contribution in [-0.4, -0.2) is 25.9 Å². The number of rotatable bonds is 4. The van der Waals surface area contributed by atoms with Gasteiger partial charge in [-0.05, 0) is 57.9 Å². The van der Waals surface area contributed by atoms with Crippen LogP contribution < -0.4 is 14.4 Å². The summed E-state index contributed by atoms with van der Waals surface area (Å²) in [5, 5.41) is 0.512. The molecule has 0 aromatic heterocycles. The quantitative estimate of drug-likeness (QED) is 0.694. The predicted octanol–water partition coefficient (Wildman–Crippen LogP) is 4.90. The van der Waals surface area contributed by atoms with Gasteiger partial charge in [-0.25, -0.2) is 0 Å². The fraction of sp³-hybridized carbons (Fsp3) is 0.235. The number of hydrogen-bond acceptors (Lipinski definition) is 4. The molecule has 0 spiro atoms. The minimum atomic E-state index is -0.130. The zero-order chi connectivity index (χ0) is 17.3. The molecule has 1 saturated heterocycles. The van der Waals surface area contributed by atoms with E-state index in [0.29, 0.717) is 22.3 Å². The third-order valence-electron chi connectivity index (χ3n) is 3.71. The van der Waals surface area contributed by atoms with Crippen LogP contribution in [-0.2, 0) is 4.79 Å². The van der Waals surface area contributed by atoms with Gasteiger partial charge in [0.2, 0.25) is 5.91 Å². The molecule has 0 N–H and O–H groups in total. The number of hydrogen-bond donors (Lipinski definition) is 0. The monoisotopic (exact) mass is 427 g/mol. The minimum absolute atomic E-state index is 0.0678. The van der Waals surface area contributed by atoms with E-state index < -0.39 is 0 Å². The molecule has 4 nitrogen and oxygen atoms in total. The summed E-state index contributed by atoms with van der Waals surface area (Å²) in [6.45, 7) is 0. The van der Waals surface area contributed by atoms with Crippen LogP contribution in [0.5, 0.6) is 11.5 Å². The average molecular weight is 429 g/mol. The Hall–Kier alpha value is -1.37. The molecule has 2 aromatic rings. The molecule has 2 aromatic carbocycles. The Bertz CT molecular complexity index is 769. The maximum Gasteiger partial charge on any atom is 0.238 e. The van der Waals surface area contributed by atoms with E-state index in [2.05, 4.69) is 15.9 Å². The van der Waals surface area contributed by atoms with Crippen molar-refractivity contribution in [1.29, 1.82) is 0 Å². The molecule has 0 radical (unpaired) electrons.